The van der Waals surface area contributed by atoms with Gasteiger partial charge in [-0.2, -0.15) is 5.10 Å². The molecule has 2 aromatic rings. The molecule has 122 valence electrons. The Balaban J connectivity index is 2.47. The van der Waals surface area contributed by atoms with Crippen molar-refractivity contribution in [1.82, 2.24) is 19.7 Å². The van der Waals surface area contributed by atoms with Crippen molar-refractivity contribution in [3.05, 3.63) is 48.1 Å². The molecule has 5 nitrogen and oxygen atoms in total. The highest BCUT2D eigenvalue weighted by atomic mass is 19.1. The second kappa shape index (κ2) is 6.86. The van der Waals surface area contributed by atoms with Crippen LogP contribution in [-0.2, 0) is 12.1 Å². The SMILES string of the molecule is C#CCN(C)[C@H](C)[C@](O)(Cn1cncn1)c1ccc(F)cc1F. The van der Waals surface area contributed by atoms with Gasteiger partial charge in [0.15, 0.2) is 0 Å². The van der Waals surface area contributed by atoms with Gasteiger partial charge in [0.2, 0.25) is 0 Å². The molecule has 1 aromatic carbocycles. The number of halogens is 2. The molecule has 0 aliphatic heterocycles. The van der Waals surface area contributed by atoms with Crippen LogP contribution in [-0.4, -0.2) is 44.4 Å². The number of likely N-dealkylation sites (N-methyl/N-ethyl adjacent to an activating group) is 1. The minimum absolute atomic E-state index is 0.0224. The molecule has 0 fully saturated rings. The van der Waals surface area contributed by atoms with Crippen LogP contribution >= 0.6 is 0 Å². The summed E-state index contributed by atoms with van der Waals surface area (Å²) in [7, 11) is 1.72. The Morgan fingerprint density at radius 2 is 2.22 bits per heavy atom. The Bertz CT molecular complexity index is 699. The summed E-state index contributed by atoms with van der Waals surface area (Å²) in [6, 6.07) is 2.54. The van der Waals surface area contributed by atoms with Gasteiger partial charge >= 0.3 is 0 Å². The molecular weight excluding hydrogens is 302 g/mol. The van der Waals surface area contributed by atoms with Crippen LogP contribution in [0.15, 0.2) is 30.9 Å². The first kappa shape index (κ1) is 17.1. The van der Waals surface area contributed by atoms with Crippen molar-refractivity contribution in [2.75, 3.05) is 13.6 Å². The summed E-state index contributed by atoms with van der Waals surface area (Å²) >= 11 is 0. The molecule has 2 atom stereocenters. The molecule has 0 aliphatic carbocycles. The first-order valence-electron chi connectivity index (χ1n) is 7.02. The number of aliphatic hydroxyl groups is 1. The average molecular weight is 320 g/mol. The fraction of sp³-hybridized carbons (Fsp3) is 0.375. The molecule has 1 heterocycles. The van der Waals surface area contributed by atoms with Crippen molar-refractivity contribution in [2.45, 2.75) is 25.1 Å². The van der Waals surface area contributed by atoms with Crippen LogP contribution in [0.2, 0.25) is 0 Å². The molecule has 0 bridgehead atoms. The molecule has 0 aliphatic rings. The standard InChI is InChI=1S/C16H18F2N4O/c1-4-7-21(3)12(2)16(23,9-22-11-19-10-20-22)14-6-5-13(17)8-15(14)18/h1,5-6,8,10-12,23H,7,9H2,2-3H3/t12-,16-/m1/s1. The molecule has 0 spiro atoms. The normalized spacial score (nSPS) is 15.2. The van der Waals surface area contributed by atoms with E-state index in [1.807, 2.05) is 0 Å². The molecule has 23 heavy (non-hydrogen) atoms. The summed E-state index contributed by atoms with van der Waals surface area (Å²) in [6.07, 6.45) is 8.04. The lowest BCUT2D eigenvalue weighted by atomic mass is 9.85. The summed E-state index contributed by atoms with van der Waals surface area (Å²) in [5, 5.41) is 15.2. The highest BCUT2D eigenvalue weighted by molar-refractivity contribution is 5.27. The van der Waals surface area contributed by atoms with Crippen molar-refractivity contribution >= 4 is 0 Å². The van der Waals surface area contributed by atoms with Crippen LogP contribution in [0.5, 0.6) is 0 Å². The number of aromatic nitrogens is 3. The zero-order valence-corrected chi connectivity index (χ0v) is 12.9. The van der Waals surface area contributed by atoms with Gasteiger partial charge in [0.1, 0.15) is 29.9 Å². The van der Waals surface area contributed by atoms with Gasteiger partial charge in [-0.15, -0.1) is 6.42 Å². The van der Waals surface area contributed by atoms with Gasteiger partial charge in [-0.3, -0.25) is 4.90 Å². The Morgan fingerprint density at radius 1 is 1.48 bits per heavy atom. The third-order valence-electron chi connectivity index (χ3n) is 3.96. The number of nitrogens with zero attached hydrogens (tertiary/aromatic N) is 4. The number of hydrogen-bond donors (Lipinski definition) is 1. The maximum atomic E-state index is 14.3. The molecular formula is C16H18F2N4O. The van der Waals surface area contributed by atoms with E-state index in [1.54, 1.807) is 18.9 Å². The minimum Gasteiger partial charge on any atom is -0.381 e. The van der Waals surface area contributed by atoms with Gasteiger partial charge in [0.05, 0.1) is 13.1 Å². The number of terminal acetylenes is 1. The van der Waals surface area contributed by atoms with E-state index >= 15 is 0 Å². The van der Waals surface area contributed by atoms with E-state index < -0.39 is 23.3 Å². The topological polar surface area (TPSA) is 54.2 Å². The third-order valence-corrected chi connectivity index (χ3v) is 3.96. The monoisotopic (exact) mass is 320 g/mol. The van der Waals surface area contributed by atoms with E-state index in [2.05, 4.69) is 16.0 Å². The maximum absolute atomic E-state index is 14.3. The van der Waals surface area contributed by atoms with Crippen LogP contribution in [0.1, 0.15) is 12.5 Å². The van der Waals surface area contributed by atoms with E-state index in [0.717, 1.165) is 12.1 Å². The average Bonchev–Trinajstić information content (AvgIpc) is 2.99. The lowest BCUT2D eigenvalue weighted by Gasteiger charge is -2.39. The molecule has 1 aromatic heterocycles. The van der Waals surface area contributed by atoms with Gasteiger partial charge in [-0.1, -0.05) is 12.0 Å². The summed E-state index contributed by atoms with van der Waals surface area (Å²) in [6.45, 7) is 1.94. The molecule has 0 radical (unpaired) electrons. The van der Waals surface area contributed by atoms with Gasteiger partial charge in [-0.25, -0.2) is 18.4 Å². The smallest absolute Gasteiger partial charge is 0.137 e. The Morgan fingerprint density at radius 3 is 2.78 bits per heavy atom. The van der Waals surface area contributed by atoms with Crippen molar-refractivity contribution in [3.63, 3.8) is 0 Å². The number of benzene rings is 1. The van der Waals surface area contributed by atoms with Gasteiger partial charge in [0, 0.05) is 17.7 Å². The first-order valence-corrected chi connectivity index (χ1v) is 7.02. The largest absolute Gasteiger partial charge is 0.381 e. The minimum atomic E-state index is -1.67. The van der Waals surface area contributed by atoms with E-state index in [4.69, 9.17) is 6.42 Å². The Hall–Kier alpha value is -2.30. The van der Waals surface area contributed by atoms with E-state index in [0.29, 0.717) is 0 Å². The lowest BCUT2D eigenvalue weighted by molar-refractivity contribution is -0.0538. The summed E-state index contributed by atoms with van der Waals surface area (Å²) in [5.74, 6) is 0.946. The number of rotatable bonds is 6. The zero-order chi connectivity index (χ0) is 17.0. The highest BCUT2D eigenvalue weighted by Crippen LogP contribution is 2.32. The maximum Gasteiger partial charge on any atom is 0.137 e. The molecule has 7 heteroatoms. The van der Waals surface area contributed by atoms with Crippen LogP contribution < -0.4 is 0 Å². The summed E-state index contributed by atoms with van der Waals surface area (Å²) in [5.41, 5.74) is -1.69. The quantitative estimate of drug-likeness (QED) is 0.818. The van der Waals surface area contributed by atoms with Crippen LogP contribution in [0.4, 0.5) is 8.78 Å². The second-order valence-electron chi connectivity index (χ2n) is 5.44. The van der Waals surface area contributed by atoms with Crippen molar-refractivity contribution in [1.29, 1.82) is 0 Å². The van der Waals surface area contributed by atoms with Crippen molar-refractivity contribution < 1.29 is 13.9 Å². The predicted octanol–water partition coefficient (Wildman–Crippen LogP) is 1.40. The molecule has 0 amide bonds. The fourth-order valence-corrected chi connectivity index (χ4v) is 2.49. The van der Waals surface area contributed by atoms with E-state index in [9.17, 15) is 13.9 Å². The molecule has 0 unspecified atom stereocenters. The number of hydrogen-bond acceptors (Lipinski definition) is 4. The van der Waals surface area contributed by atoms with Crippen molar-refractivity contribution in [3.8, 4) is 12.3 Å². The van der Waals surface area contributed by atoms with Crippen LogP contribution in [0.25, 0.3) is 0 Å². The second-order valence-corrected chi connectivity index (χ2v) is 5.44. The predicted molar refractivity (Wildman–Crippen MR) is 81.2 cm³/mol. The zero-order valence-electron chi connectivity index (χ0n) is 12.9. The first-order chi connectivity index (χ1) is 10.9. The summed E-state index contributed by atoms with van der Waals surface area (Å²) < 4.78 is 28.9. The Kier molecular flexibility index (Phi) is 5.08. The van der Waals surface area contributed by atoms with Crippen LogP contribution in [0.3, 0.4) is 0 Å². The van der Waals surface area contributed by atoms with Crippen LogP contribution in [0, 0.1) is 24.0 Å². The third kappa shape index (κ3) is 3.55. The Labute approximate surface area is 133 Å². The molecule has 0 saturated carbocycles. The summed E-state index contributed by atoms with van der Waals surface area (Å²) in [4.78, 5) is 5.53. The molecule has 2 rings (SSSR count). The van der Waals surface area contributed by atoms with Gasteiger partial charge < -0.3 is 5.11 Å². The fourth-order valence-electron chi connectivity index (χ4n) is 2.49. The van der Waals surface area contributed by atoms with Gasteiger partial charge in [-0.05, 0) is 20.0 Å². The molecule has 0 saturated heterocycles. The van der Waals surface area contributed by atoms with Crippen molar-refractivity contribution in [2.24, 2.45) is 0 Å². The van der Waals surface area contributed by atoms with E-state index in [-0.39, 0.29) is 18.7 Å². The lowest BCUT2D eigenvalue weighted by Crippen LogP contribution is -2.50. The molecule has 1 N–H and O–H groups in total. The highest BCUT2D eigenvalue weighted by Gasteiger charge is 2.40. The van der Waals surface area contributed by atoms with E-state index in [1.165, 1.54) is 23.4 Å². The van der Waals surface area contributed by atoms with Gasteiger partial charge in [0.25, 0.3) is 0 Å².